The number of hydrogen-bond donors (Lipinski definition) is 2. The Balaban J connectivity index is 2.06. The van der Waals surface area contributed by atoms with E-state index >= 15 is 0 Å². The van der Waals surface area contributed by atoms with E-state index in [0.717, 1.165) is 16.7 Å². The second-order valence-electron chi connectivity index (χ2n) is 5.46. The molecule has 10 heteroatoms. The first-order valence-corrected chi connectivity index (χ1v) is 9.59. The van der Waals surface area contributed by atoms with Crippen LogP contribution < -0.4 is 3.95 Å². The van der Waals surface area contributed by atoms with Crippen LogP contribution in [0.1, 0.15) is 21.5 Å². The maximum atomic E-state index is 14.3. The number of carbonyl (C=O) groups is 1. The summed E-state index contributed by atoms with van der Waals surface area (Å²) in [4.78, 5) is 12.6. The molecule has 3 aromatic rings. The molecule has 0 fully saturated rings. The average molecular weight is 490 g/mol. The van der Waals surface area contributed by atoms with Gasteiger partial charge in [0.25, 0.3) is 5.91 Å². The van der Waals surface area contributed by atoms with Crippen LogP contribution in [0.5, 0.6) is 0 Å². The number of aromatic nitrogens is 1. The zero-order valence-corrected chi connectivity index (χ0v) is 15.5. The van der Waals surface area contributed by atoms with E-state index in [1.54, 1.807) is 18.2 Å². The van der Waals surface area contributed by atoms with Gasteiger partial charge in [-0.25, -0.2) is 4.39 Å². The van der Waals surface area contributed by atoms with Gasteiger partial charge in [-0.2, -0.15) is 16.3 Å². The van der Waals surface area contributed by atoms with Gasteiger partial charge in [-0.3, -0.25) is 18.7 Å². The van der Waals surface area contributed by atoms with Crippen molar-refractivity contribution in [2.75, 3.05) is 0 Å². The van der Waals surface area contributed by atoms with Crippen LogP contribution in [0.25, 0.3) is 10.9 Å². The van der Waals surface area contributed by atoms with Gasteiger partial charge in [0.05, 0.1) is 38.0 Å². The molecular formula is C17H11F4IN4O. The molecule has 140 valence electrons. The third-order valence-electron chi connectivity index (χ3n) is 3.85. The summed E-state index contributed by atoms with van der Waals surface area (Å²) in [6, 6.07) is 8.79. The quantitative estimate of drug-likeness (QED) is 0.177. The van der Waals surface area contributed by atoms with E-state index in [4.69, 9.17) is 9.36 Å². The maximum absolute atomic E-state index is 14.3. The summed E-state index contributed by atoms with van der Waals surface area (Å²) in [5.74, 6) is -2.52. The molecule has 0 spiro atoms. The molecule has 0 aliphatic heterocycles. The van der Waals surface area contributed by atoms with Crippen molar-refractivity contribution < 1.29 is 22.4 Å². The Morgan fingerprint density at radius 3 is 2.59 bits per heavy atom. The zero-order chi connectivity index (χ0) is 19.8. The Morgan fingerprint density at radius 2 is 1.93 bits per heavy atom. The van der Waals surface area contributed by atoms with Crippen LogP contribution in [-0.2, 0) is 6.18 Å². The molecule has 0 saturated carbocycles. The molecule has 27 heavy (non-hydrogen) atoms. The van der Waals surface area contributed by atoms with E-state index in [9.17, 15) is 22.4 Å². The van der Waals surface area contributed by atoms with Crippen molar-refractivity contribution in [3.8, 4) is 0 Å². The van der Waals surface area contributed by atoms with E-state index in [1.807, 2.05) is 0 Å². The Kier molecular flexibility index (Phi) is 5.20. The van der Waals surface area contributed by atoms with Crippen molar-refractivity contribution >= 4 is 44.0 Å². The summed E-state index contributed by atoms with van der Waals surface area (Å²) in [6.07, 6.45) is -3.56. The van der Waals surface area contributed by atoms with Crippen molar-refractivity contribution in [3.05, 3.63) is 71.2 Å². The highest BCUT2D eigenvalue weighted by atomic mass is 127. The fraction of sp³-hybridized carbons (Fsp3) is 0.0588. The first kappa shape index (κ1) is 19.3. The lowest BCUT2D eigenvalue weighted by atomic mass is 10.1. The number of alkyl halides is 3. The first-order valence-electron chi connectivity index (χ1n) is 7.38. The fourth-order valence-corrected chi connectivity index (χ4v) is 3.17. The molecule has 0 bridgehead atoms. The van der Waals surface area contributed by atoms with E-state index in [2.05, 4.69) is 3.15 Å². The smallest absolute Gasteiger partial charge is 0.283 e. The molecule has 0 radical (unpaired) electrons. The van der Waals surface area contributed by atoms with Crippen molar-refractivity contribution in [2.24, 2.45) is 7.09 Å². The molecule has 0 aliphatic carbocycles. The first-order chi connectivity index (χ1) is 12.7. The number of rotatable bonds is 2. The van der Waals surface area contributed by atoms with Gasteiger partial charge in [-0.15, -0.1) is 0 Å². The van der Waals surface area contributed by atoms with Crippen LogP contribution in [-0.4, -0.2) is 16.3 Å². The molecule has 0 saturated heterocycles. The van der Waals surface area contributed by atoms with Crippen LogP contribution in [0.4, 0.5) is 17.6 Å². The lowest BCUT2D eigenvalue weighted by Crippen LogP contribution is -2.16. The molecule has 0 atom stereocenters. The highest BCUT2D eigenvalue weighted by Gasteiger charge is 2.36. The summed E-state index contributed by atoms with van der Waals surface area (Å²) >= 11 is -0.948. The van der Waals surface area contributed by atoms with Gasteiger partial charge in [0.1, 0.15) is 5.82 Å². The molecule has 3 N–H and O–H groups in total. The minimum Gasteiger partial charge on any atom is -0.283 e. The maximum Gasteiger partial charge on any atom is 0.419 e. The van der Waals surface area contributed by atoms with Gasteiger partial charge >= 0.3 is 6.18 Å². The Morgan fingerprint density at radius 1 is 1.19 bits per heavy atom. The van der Waals surface area contributed by atoms with Crippen LogP contribution in [0.3, 0.4) is 0 Å². The van der Waals surface area contributed by atoms with Gasteiger partial charge in [-0.1, -0.05) is 6.07 Å². The summed E-state index contributed by atoms with van der Waals surface area (Å²) in [5.41, 5.74) is -1.31. The van der Waals surface area contributed by atoms with Crippen LogP contribution in [0.2, 0.25) is 0 Å². The van der Waals surface area contributed by atoms with E-state index in [-0.39, 0.29) is 5.84 Å². The number of nitrogens with zero attached hydrogens (tertiary/aromatic N) is 2. The third-order valence-corrected chi connectivity index (χ3v) is 4.61. The molecule has 0 aliphatic rings. The van der Waals surface area contributed by atoms with Gasteiger partial charge in [0, 0.05) is 17.1 Å². The van der Waals surface area contributed by atoms with E-state index in [0.29, 0.717) is 22.5 Å². The van der Waals surface area contributed by atoms with Gasteiger partial charge < -0.3 is 0 Å². The topological polar surface area (TPSA) is 84.2 Å². The fourth-order valence-electron chi connectivity index (χ4n) is 2.61. The lowest BCUT2D eigenvalue weighted by molar-refractivity contribution is -0.140. The Labute approximate surface area is 160 Å². The molecule has 3 rings (SSSR count). The summed E-state index contributed by atoms with van der Waals surface area (Å²) < 4.78 is 63.2. The monoisotopic (exact) mass is 490 g/mol. The second kappa shape index (κ2) is 7.27. The predicted molar refractivity (Wildman–Crippen MR) is 101 cm³/mol. The molecule has 2 aromatic carbocycles. The molecule has 0 unspecified atom stereocenters. The third kappa shape index (κ3) is 3.67. The number of amidine groups is 1. The molecule has 1 heterocycles. The van der Waals surface area contributed by atoms with Crippen LogP contribution in [0.15, 0.2) is 51.8 Å². The van der Waals surface area contributed by atoms with Crippen molar-refractivity contribution in [2.45, 2.75) is 6.18 Å². The molecule has 0 amide bonds. The highest BCUT2D eigenvalue weighted by molar-refractivity contribution is 14.1. The van der Waals surface area contributed by atoms with E-state index < -0.39 is 50.3 Å². The molecule has 5 nitrogen and oxygen atoms in total. The lowest BCUT2D eigenvalue weighted by Gasteiger charge is -2.11. The van der Waals surface area contributed by atoms with Crippen molar-refractivity contribution in [1.82, 2.24) is 4.57 Å². The number of nitrogens with two attached hydrogens (primary N) is 1. The highest BCUT2D eigenvalue weighted by Crippen LogP contribution is 2.33. The van der Waals surface area contributed by atoms with Crippen molar-refractivity contribution in [3.63, 3.8) is 0 Å². The van der Waals surface area contributed by atoms with Gasteiger partial charge in [0.15, 0.2) is 5.84 Å². The summed E-state index contributed by atoms with van der Waals surface area (Å²) in [6.45, 7) is 0. The van der Waals surface area contributed by atoms with Crippen molar-refractivity contribution in [1.29, 1.82) is 5.41 Å². The zero-order valence-electron chi connectivity index (χ0n) is 13.4. The van der Waals surface area contributed by atoms with Crippen LogP contribution in [0, 0.1) is 11.2 Å². The normalized spacial score (nSPS) is 12.3. The largest absolute Gasteiger partial charge is 0.419 e. The molecular weight excluding hydrogens is 479 g/mol. The predicted octanol–water partition coefficient (Wildman–Crippen LogP) is 4.84. The van der Waals surface area contributed by atoms with E-state index in [1.165, 1.54) is 12.3 Å². The van der Waals surface area contributed by atoms with Gasteiger partial charge in [0.2, 0.25) is 0 Å². The number of hydrogen-bond acceptors (Lipinski definition) is 2. The van der Waals surface area contributed by atoms with Crippen LogP contribution >= 0.6 is 21.3 Å². The number of nitrogens with one attached hydrogen (secondary N) is 1. The van der Waals surface area contributed by atoms with Gasteiger partial charge in [-0.05, 0) is 36.4 Å². The summed E-state index contributed by atoms with van der Waals surface area (Å²) in [7, 11) is 0. The number of carbonyl (C=O) groups excluding carboxylic acids is 1. The SMILES string of the molecule is N=C(N=IN)c1ccc2c(ccn2C(=O)c2cccc(C(F)(F)F)c2F)c1. The Bertz CT molecular complexity index is 1090. The minimum absolute atomic E-state index is 0.00944. The molecule has 1 aromatic heterocycles. The number of halogens is 5. The number of fused-ring (bicyclic) bond motifs is 1. The standard InChI is InChI=1S/C17H11F4IN4O/c18-14-11(2-1-3-12(14)17(19,20)21)16(27)26-7-6-9-8-10(4-5-13(9)26)15(23)25-22-24/h1-8H,(H3,23,24,25). The second-order valence-corrected chi connectivity index (χ2v) is 6.50. The summed E-state index contributed by atoms with van der Waals surface area (Å²) in [5, 5.41) is 8.35. The minimum atomic E-state index is -4.90. The Hall–Kier alpha value is -2.47. The number of benzene rings is 2. The average Bonchev–Trinajstić information content (AvgIpc) is 3.03.